The van der Waals surface area contributed by atoms with Gasteiger partial charge in [-0.2, -0.15) is 0 Å². The predicted octanol–water partition coefficient (Wildman–Crippen LogP) is 5.68. The van der Waals surface area contributed by atoms with Crippen molar-refractivity contribution < 1.29 is 22.7 Å². The van der Waals surface area contributed by atoms with E-state index in [1.165, 1.54) is 24.4 Å². The molecule has 2 aromatic carbocycles. The molecule has 0 spiro atoms. The third-order valence-electron chi connectivity index (χ3n) is 7.65. The summed E-state index contributed by atoms with van der Waals surface area (Å²) in [5.41, 5.74) is 1.80. The molecule has 1 amide bonds. The van der Waals surface area contributed by atoms with E-state index >= 15 is 0 Å². The lowest BCUT2D eigenvalue weighted by Crippen LogP contribution is -2.70. The first-order chi connectivity index (χ1) is 18.2. The van der Waals surface area contributed by atoms with Gasteiger partial charge in [0, 0.05) is 43.1 Å². The fourth-order valence-corrected chi connectivity index (χ4v) is 6.12. The van der Waals surface area contributed by atoms with E-state index in [4.69, 9.17) is 0 Å². The Morgan fingerprint density at radius 2 is 1.74 bits per heavy atom. The number of sulfonamides is 1. The Balaban J connectivity index is 1.44. The van der Waals surface area contributed by atoms with E-state index in [1.54, 1.807) is 35.2 Å². The van der Waals surface area contributed by atoms with Gasteiger partial charge in [-0.15, -0.1) is 0 Å². The van der Waals surface area contributed by atoms with Crippen LogP contribution in [0.15, 0.2) is 71.8 Å². The van der Waals surface area contributed by atoms with Gasteiger partial charge in [0.15, 0.2) is 0 Å². The van der Waals surface area contributed by atoms with Gasteiger partial charge in [-0.25, -0.2) is 17.6 Å². The largest absolute Gasteiger partial charge is 0.465 e. The summed E-state index contributed by atoms with van der Waals surface area (Å²) in [6.07, 6.45) is 0.371. The molecule has 8 nitrogen and oxygen atoms in total. The predicted molar refractivity (Wildman–Crippen MR) is 149 cm³/mol. The van der Waals surface area contributed by atoms with Crippen LogP contribution in [0.5, 0.6) is 0 Å². The van der Waals surface area contributed by atoms with Gasteiger partial charge in [-0.1, -0.05) is 32.9 Å². The first-order valence-corrected chi connectivity index (χ1v) is 14.3. The molecule has 1 aliphatic rings. The minimum Gasteiger partial charge on any atom is -0.465 e. The number of carboxylic acid groups (broad SMARTS) is 1. The van der Waals surface area contributed by atoms with Crippen molar-refractivity contribution in [1.82, 2.24) is 14.8 Å². The van der Waals surface area contributed by atoms with E-state index in [0.717, 1.165) is 5.56 Å². The van der Waals surface area contributed by atoms with Crippen molar-refractivity contribution in [3.63, 3.8) is 0 Å². The van der Waals surface area contributed by atoms with Gasteiger partial charge in [0.25, 0.3) is 10.0 Å². The van der Waals surface area contributed by atoms with Gasteiger partial charge in [0.05, 0.1) is 11.2 Å². The van der Waals surface area contributed by atoms with E-state index in [1.807, 2.05) is 26.0 Å². The molecule has 1 fully saturated rings. The minimum atomic E-state index is -3.86. The molecule has 0 saturated carbocycles. The molecular formula is C29H35FN4O4S. The van der Waals surface area contributed by atoms with E-state index in [2.05, 4.69) is 35.4 Å². The number of pyridine rings is 1. The Labute approximate surface area is 229 Å². The van der Waals surface area contributed by atoms with Crippen LogP contribution in [0.4, 0.5) is 14.9 Å². The summed E-state index contributed by atoms with van der Waals surface area (Å²) in [6, 6.07) is 15.9. The van der Waals surface area contributed by atoms with Crippen LogP contribution in [0.2, 0.25) is 0 Å². The normalized spacial score (nSPS) is 20.6. The third-order valence-corrected chi connectivity index (χ3v) is 9.01. The van der Waals surface area contributed by atoms with Gasteiger partial charge in [0.1, 0.15) is 10.7 Å². The van der Waals surface area contributed by atoms with Crippen LogP contribution < -0.4 is 4.72 Å². The number of hydrogen-bond donors (Lipinski definition) is 2. The Bertz CT molecular complexity index is 1420. The first-order valence-electron chi connectivity index (χ1n) is 12.8. The molecule has 2 N–H and O–H groups in total. The summed E-state index contributed by atoms with van der Waals surface area (Å²) in [7, 11) is -3.86. The van der Waals surface area contributed by atoms with Gasteiger partial charge < -0.3 is 5.11 Å². The number of carbonyl (C=O) groups is 1. The smallest absolute Gasteiger partial charge is 0.408 e. The summed E-state index contributed by atoms with van der Waals surface area (Å²) in [4.78, 5) is 20.2. The maximum absolute atomic E-state index is 13.2. The summed E-state index contributed by atoms with van der Waals surface area (Å²) >= 11 is 0. The monoisotopic (exact) mass is 554 g/mol. The van der Waals surface area contributed by atoms with E-state index < -0.39 is 21.7 Å². The lowest BCUT2D eigenvalue weighted by molar-refractivity contribution is -0.0716. The summed E-state index contributed by atoms with van der Waals surface area (Å²) in [5.74, 6) is -0.355. The van der Waals surface area contributed by atoms with Crippen molar-refractivity contribution in [2.24, 2.45) is 5.41 Å². The highest BCUT2D eigenvalue weighted by Crippen LogP contribution is 2.40. The molecule has 3 aromatic rings. The van der Waals surface area contributed by atoms with Gasteiger partial charge in [-0.05, 0) is 73.4 Å². The van der Waals surface area contributed by atoms with Crippen molar-refractivity contribution in [3.8, 4) is 11.3 Å². The number of aromatic nitrogens is 1. The Morgan fingerprint density at radius 3 is 2.28 bits per heavy atom. The number of amides is 1. The molecule has 1 saturated heterocycles. The summed E-state index contributed by atoms with van der Waals surface area (Å²) in [5, 5.41) is 9.90. The van der Waals surface area contributed by atoms with Crippen LogP contribution >= 0.6 is 0 Å². The average molecular weight is 555 g/mol. The molecular weight excluding hydrogens is 519 g/mol. The Kier molecular flexibility index (Phi) is 7.73. The van der Waals surface area contributed by atoms with Crippen LogP contribution in [-0.2, 0) is 16.6 Å². The van der Waals surface area contributed by atoms with Crippen LogP contribution in [0, 0.1) is 11.2 Å². The standard InChI is InChI=1S/C29H35FN4O4S/c1-20-17-33(19-29(5,28(2,3)4)34(20)27(35)36)18-21-6-12-24(13-7-21)32-39(37,38)25-14-15-26(31-16-25)22-8-10-23(30)11-9-22/h6-16,20,32H,17-19H2,1-5H3,(H,35,36)/t20-,29-/m0/s1. The third kappa shape index (κ3) is 6.07. The second-order valence-electron chi connectivity index (χ2n) is 11.4. The van der Waals surface area contributed by atoms with Gasteiger partial charge >= 0.3 is 6.09 Å². The first kappa shape index (κ1) is 28.5. The van der Waals surface area contributed by atoms with Crippen LogP contribution in [0.3, 0.4) is 0 Å². The molecule has 0 radical (unpaired) electrons. The molecule has 0 bridgehead atoms. The molecule has 1 aliphatic heterocycles. The number of nitrogens with zero attached hydrogens (tertiary/aromatic N) is 3. The number of halogens is 1. The van der Waals surface area contributed by atoms with Crippen LogP contribution in [0.1, 0.15) is 40.2 Å². The van der Waals surface area contributed by atoms with E-state index in [-0.39, 0.29) is 22.2 Å². The van der Waals surface area contributed by atoms with Crippen molar-refractivity contribution in [2.75, 3.05) is 17.8 Å². The lowest BCUT2D eigenvalue weighted by atomic mass is 9.71. The van der Waals surface area contributed by atoms with Crippen molar-refractivity contribution in [2.45, 2.75) is 57.6 Å². The Morgan fingerprint density at radius 1 is 1.10 bits per heavy atom. The lowest BCUT2D eigenvalue weighted by Gasteiger charge is -2.57. The highest BCUT2D eigenvalue weighted by Gasteiger charge is 2.51. The summed E-state index contributed by atoms with van der Waals surface area (Å²) in [6.45, 7) is 11.9. The zero-order chi connectivity index (χ0) is 28.6. The number of hydrogen-bond acceptors (Lipinski definition) is 5. The second-order valence-corrected chi connectivity index (χ2v) is 13.1. The molecule has 1 aromatic heterocycles. The number of benzene rings is 2. The number of anilines is 1. The fraction of sp³-hybridized carbons (Fsp3) is 0.379. The zero-order valence-corrected chi connectivity index (χ0v) is 23.7. The number of piperazine rings is 1. The molecule has 10 heteroatoms. The Hall–Kier alpha value is -3.50. The number of nitrogens with one attached hydrogen (secondary N) is 1. The maximum atomic E-state index is 13.2. The molecule has 208 valence electrons. The second kappa shape index (κ2) is 10.6. The van der Waals surface area contributed by atoms with Gasteiger partial charge in [0.2, 0.25) is 0 Å². The van der Waals surface area contributed by atoms with Crippen LogP contribution in [-0.4, -0.2) is 59.1 Å². The molecule has 2 atom stereocenters. The van der Waals surface area contributed by atoms with E-state index in [9.17, 15) is 22.7 Å². The molecule has 4 rings (SSSR count). The molecule has 2 heterocycles. The highest BCUT2D eigenvalue weighted by molar-refractivity contribution is 7.92. The zero-order valence-electron chi connectivity index (χ0n) is 22.8. The van der Waals surface area contributed by atoms with Crippen molar-refractivity contribution in [1.29, 1.82) is 0 Å². The molecule has 39 heavy (non-hydrogen) atoms. The molecule has 0 aliphatic carbocycles. The summed E-state index contributed by atoms with van der Waals surface area (Å²) < 4.78 is 41.6. The topological polar surface area (TPSA) is 103 Å². The minimum absolute atomic E-state index is 0.0178. The van der Waals surface area contributed by atoms with E-state index in [0.29, 0.717) is 36.6 Å². The quantitative estimate of drug-likeness (QED) is 0.407. The average Bonchev–Trinajstić information content (AvgIpc) is 2.84. The molecule has 0 unspecified atom stereocenters. The van der Waals surface area contributed by atoms with Crippen molar-refractivity contribution in [3.05, 3.63) is 78.2 Å². The van der Waals surface area contributed by atoms with Gasteiger partial charge in [-0.3, -0.25) is 19.5 Å². The number of rotatable bonds is 6. The highest BCUT2D eigenvalue weighted by atomic mass is 32.2. The SMILES string of the molecule is C[C@H]1CN(Cc2ccc(NS(=O)(=O)c3ccc(-c4ccc(F)cc4)nc3)cc2)C[C@@](C)(C(C)(C)C)N1C(=O)O. The fourth-order valence-electron chi connectivity index (χ4n) is 5.12. The van der Waals surface area contributed by atoms with Crippen molar-refractivity contribution >= 4 is 21.8 Å². The van der Waals surface area contributed by atoms with Crippen LogP contribution in [0.25, 0.3) is 11.3 Å². The maximum Gasteiger partial charge on any atom is 0.408 e.